The zero-order valence-electron chi connectivity index (χ0n) is 19.1. The molecule has 1 fully saturated rings. The van der Waals surface area contributed by atoms with Crippen molar-refractivity contribution in [2.75, 3.05) is 26.1 Å². The number of carbonyl (C=O) groups excluding carboxylic acids is 2. The van der Waals surface area contributed by atoms with Gasteiger partial charge in [-0.2, -0.15) is 0 Å². The molecule has 0 bridgehead atoms. The number of hydrogen-bond acceptors (Lipinski definition) is 6. The molecule has 7 nitrogen and oxygen atoms in total. The van der Waals surface area contributed by atoms with E-state index in [1.807, 2.05) is 32.0 Å². The first-order chi connectivity index (χ1) is 15.4. The Morgan fingerprint density at radius 1 is 1.09 bits per heavy atom. The van der Waals surface area contributed by atoms with Gasteiger partial charge in [-0.3, -0.25) is 14.5 Å². The highest BCUT2D eigenvalue weighted by Crippen LogP contribution is 2.33. The van der Waals surface area contributed by atoms with E-state index in [2.05, 4.69) is 12.2 Å². The number of ether oxygens (including phenoxy) is 2. The minimum absolute atomic E-state index is 0.0595. The molecule has 1 heterocycles. The van der Waals surface area contributed by atoms with Gasteiger partial charge >= 0.3 is 0 Å². The summed E-state index contributed by atoms with van der Waals surface area (Å²) < 4.78 is 10.5. The molecular weight excluding hydrogens is 426 g/mol. The van der Waals surface area contributed by atoms with Crippen molar-refractivity contribution in [3.8, 4) is 11.5 Å². The van der Waals surface area contributed by atoms with Crippen LogP contribution in [-0.4, -0.2) is 47.9 Å². The molecule has 1 aliphatic rings. The van der Waals surface area contributed by atoms with Gasteiger partial charge in [0.1, 0.15) is 5.25 Å². The minimum Gasteiger partial charge on any atom is -0.493 e. The lowest BCUT2D eigenvalue weighted by atomic mass is 10.1. The summed E-state index contributed by atoms with van der Waals surface area (Å²) in [6.07, 6.45) is 0.868. The van der Waals surface area contributed by atoms with Crippen LogP contribution in [-0.2, 0) is 9.59 Å². The maximum atomic E-state index is 13.0. The summed E-state index contributed by atoms with van der Waals surface area (Å²) in [6, 6.07) is 11.1. The van der Waals surface area contributed by atoms with Crippen LogP contribution in [0.15, 0.2) is 41.4 Å². The number of hydrogen-bond donors (Lipinski definition) is 1. The van der Waals surface area contributed by atoms with Gasteiger partial charge in [0.05, 0.1) is 19.9 Å². The van der Waals surface area contributed by atoms with Crippen LogP contribution < -0.4 is 14.8 Å². The standard InChI is InChI=1S/C24H29N3O4S/c1-6-11-27-23(29)21(32-24(27)26-17-8-7-15(2)16(3)12-17)14-22(28)25-18-9-10-19(30-4)20(13-18)31-5/h7-10,12-13,21H,6,11,14H2,1-5H3,(H,25,28). The number of carbonyl (C=O) groups is 2. The molecule has 2 aromatic rings. The van der Waals surface area contributed by atoms with Gasteiger partial charge in [-0.1, -0.05) is 24.8 Å². The fourth-order valence-corrected chi connectivity index (χ4v) is 4.54. The van der Waals surface area contributed by atoms with Crippen molar-refractivity contribution in [1.29, 1.82) is 0 Å². The predicted octanol–water partition coefficient (Wildman–Crippen LogP) is 4.69. The molecule has 0 spiro atoms. The Bertz CT molecular complexity index is 1040. The molecule has 170 valence electrons. The Balaban J connectivity index is 1.73. The molecule has 0 radical (unpaired) electrons. The molecule has 0 aromatic heterocycles. The van der Waals surface area contributed by atoms with Crippen LogP contribution in [0.3, 0.4) is 0 Å². The van der Waals surface area contributed by atoms with Crippen molar-refractivity contribution in [1.82, 2.24) is 4.90 Å². The molecule has 32 heavy (non-hydrogen) atoms. The molecule has 8 heteroatoms. The predicted molar refractivity (Wildman–Crippen MR) is 129 cm³/mol. The van der Waals surface area contributed by atoms with E-state index in [0.29, 0.717) is 28.9 Å². The van der Waals surface area contributed by atoms with Gasteiger partial charge in [-0.25, -0.2) is 4.99 Å². The van der Waals surface area contributed by atoms with Crippen molar-refractivity contribution < 1.29 is 19.1 Å². The van der Waals surface area contributed by atoms with Crippen molar-refractivity contribution in [2.24, 2.45) is 4.99 Å². The number of amidine groups is 1. The van der Waals surface area contributed by atoms with Gasteiger partial charge in [0.25, 0.3) is 0 Å². The molecule has 1 atom stereocenters. The molecule has 0 saturated carbocycles. The van der Waals surface area contributed by atoms with Gasteiger partial charge in [0, 0.05) is 24.7 Å². The van der Waals surface area contributed by atoms with Crippen LogP contribution in [0.2, 0.25) is 0 Å². The van der Waals surface area contributed by atoms with Crippen LogP contribution in [0.1, 0.15) is 30.9 Å². The maximum absolute atomic E-state index is 13.0. The van der Waals surface area contributed by atoms with Gasteiger partial charge in [0.2, 0.25) is 11.8 Å². The lowest BCUT2D eigenvalue weighted by Crippen LogP contribution is -2.34. The molecule has 1 unspecified atom stereocenters. The highest BCUT2D eigenvalue weighted by atomic mass is 32.2. The quantitative estimate of drug-likeness (QED) is 0.625. The molecule has 2 amide bonds. The molecule has 1 saturated heterocycles. The van der Waals surface area contributed by atoms with E-state index in [9.17, 15) is 9.59 Å². The fraction of sp³-hybridized carbons (Fsp3) is 0.375. The Morgan fingerprint density at radius 2 is 1.84 bits per heavy atom. The van der Waals surface area contributed by atoms with Crippen molar-refractivity contribution >= 4 is 40.1 Å². The van der Waals surface area contributed by atoms with E-state index in [1.165, 1.54) is 24.4 Å². The van der Waals surface area contributed by atoms with Crippen LogP contribution in [0.4, 0.5) is 11.4 Å². The first-order valence-electron chi connectivity index (χ1n) is 10.5. The number of benzene rings is 2. The maximum Gasteiger partial charge on any atom is 0.242 e. The van der Waals surface area contributed by atoms with E-state index < -0.39 is 5.25 Å². The Labute approximate surface area is 193 Å². The molecule has 2 aromatic carbocycles. The van der Waals surface area contributed by atoms with E-state index in [1.54, 1.807) is 30.2 Å². The van der Waals surface area contributed by atoms with E-state index in [4.69, 9.17) is 14.5 Å². The number of nitrogens with one attached hydrogen (secondary N) is 1. The molecule has 0 aliphatic carbocycles. The van der Waals surface area contributed by atoms with Crippen LogP contribution in [0.25, 0.3) is 0 Å². The molecule has 1 N–H and O–H groups in total. The summed E-state index contributed by atoms with van der Waals surface area (Å²) >= 11 is 1.35. The molecular formula is C24H29N3O4S. The van der Waals surface area contributed by atoms with E-state index in [-0.39, 0.29) is 18.2 Å². The second kappa shape index (κ2) is 10.5. The van der Waals surface area contributed by atoms with Gasteiger partial charge < -0.3 is 14.8 Å². The zero-order chi connectivity index (χ0) is 23.3. The second-order valence-corrected chi connectivity index (χ2v) is 8.75. The number of nitrogens with zero attached hydrogens (tertiary/aromatic N) is 2. The largest absolute Gasteiger partial charge is 0.493 e. The number of amides is 2. The highest BCUT2D eigenvalue weighted by Gasteiger charge is 2.38. The monoisotopic (exact) mass is 455 g/mol. The highest BCUT2D eigenvalue weighted by molar-refractivity contribution is 8.15. The number of thioether (sulfide) groups is 1. The third-order valence-corrected chi connectivity index (χ3v) is 6.40. The van der Waals surface area contributed by atoms with Crippen LogP contribution >= 0.6 is 11.8 Å². The third-order valence-electron chi connectivity index (χ3n) is 5.22. The van der Waals surface area contributed by atoms with Crippen LogP contribution in [0, 0.1) is 13.8 Å². The average molecular weight is 456 g/mol. The number of aliphatic imine (C=N–C) groups is 1. The summed E-state index contributed by atoms with van der Waals surface area (Å²) in [5, 5.41) is 2.98. The average Bonchev–Trinajstić information content (AvgIpc) is 3.05. The minimum atomic E-state index is -0.507. The number of anilines is 1. The van der Waals surface area contributed by atoms with Crippen molar-refractivity contribution in [3.63, 3.8) is 0 Å². The smallest absolute Gasteiger partial charge is 0.242 e. The van der Waals surface area contributed by atoms with E-state index >= 15 is 0 Å². The number of methoxy groups -OCH3 is 2. The number of aryl methyl sites for hydroxylation is 2. The Morgan fingerprint density at radius 3 is 2.50 bits per heavy atom. The molecule has 1 aliphatic heterocycles. The summed E-state index contributed by atoms with van der Waals surface area (Å²) in [6.45, 7) is 6.68. The first kappa shape index (κ1) is 23.7. The van der Waals surface area contributed by atoms with Gasteiger partial charge in [-0.15, -0.1) is 0 Å². The second-order valence-electron chi connectivity index (χ2n) is 7.58. The van der Waals surface area contributed by atoms with Crippen molar-refractivity contribution in [3.05, 3.63) is 47.5 Å². The molecule has 3 rings (SSSR count). The lowest BCUT2D eigenvalue weighted by Gasteiger charge is -2.15. The Kier molecular flexibility index (Phi) is 7.80. The Hall–Kier alpha value is -3.00. The van der Waals surface area contributed by atoms with Gasteiger partial charge in [-0.05, 0) is 55.7 Å². The summed E-state index contributed by atoms with van der Waals surface area (Å²) in [5.74, 6) is 0.775. The third kappa shape index (κ3) is 5.43. The summed E-state index contributed by atoms with van der Waals surface area (Å²) in [4.78, 5) is 32.1. The zero-order valence-corrected chi connectivity index (χ0v) is 19.9. The van der Waals surface area contributed by atoms with E-state index in [0.717, 1.165) is 17.7 Å². The lowest BCUT2D eigenvalue weighted by molar-refractivity contribution is -0.128. The first-order valence-corrected chi connectivity index (χ1v) is 11.4. The van der Waals surface area contributed by atoms with Crippen LogP contribution in [0.5, 0.6) is 11.5 Å². The van der Waals surface area contributed by atoms with Gasteiger partial charge in [0.15, 0.2) is 16.7 Å². The topological polar surface area (TPSA) is 80.2 Å². The normalized spacial score (nSPS) is 17.0. The summed E-state index contributed by atoms with van der Waals surface area (Å²) in [5.41, 5.74) is 3.73. The van der Waals surface area contributed by atoms with Crippen molar-refractivity contribution in [2.45, 2.75) is 38.9 Å². The fourth-order valence-electron chi connectivity index (χ4n) is 3.35. The summed E-state index contributed by atoms with van der Waals surface area (Å²) in [7, 11) is 3.09. The number of rotatable bonds is 8. The SMILES string of the molecule is CCCN1C(=O)C(CC(=O)Nc2ccc(OC)c(OC)c2)SC1=Nc1ccc(C)c(C)c1.